The summed E-state index contributed by atoms with van der Waals surface area (Å²) in [7, 11) is 0. The van der Waals surface area contributed by atoms with E-state index in [4.69, 9.17) is 11.6 Å². The van der Waals surface area contributed by atoms with Gasteiger partial charge in [-0.25, -0.2) is 5.43 Å². The maximum absolute atomic E-state index is 12.2. The lowest BCUT2D eigenvalue weighted by Crippen LogP contribution is -2.17. The molecule has 6 nitrogen and oxygen atoms in total. The molecule has 0 unspecified atom stereocenters. The van der Waals surface area contributed by atoms with Crippen LogP contribution >= 0.6 is 11.6 Å². The summed E-state index contributed by atoms with van der Waals surface area (Å²) in [6.07, 6.45) is 3.59. The molecule has 0 aliphatic heterocycles. The first-order chi connectivity index (χ1) is 15.4. The standard InChI is InChI=1S/C25H20ClN3O3/c1-16(30)18-7-5-17(6-8-18)15-29-12-11-21-20(3-2-4-23(21)29)14-27-28-25(32)19-9-10-24(31)22(26)13-19/h2-14,30-31H,1,15H2,(H,28,32)/b27-14+. The zero-order valence-electron chi connectivity index (χ0n) is 17.0. The summed E-state index contributed by atoms with van der Waals surface area (Å²) in [5, 5.41) is 24.1. The number of carbonyl (C=O) groups excluding carboxylic acids is 1. The summed E-state index contributed by atoms with van der Waals surface area (Å²) in [6, 6.07) is 19.7. The molecule has 0 aliphatic carbocycles. The zero-order valence-corrected chi connectivity index (χ0v) is 17.8. The highest BCUT2D eigenvalue weighted by Crippen LogP contribution is 2.24. The SMILES string of the molecule is C=C(O)c1ccc(Cn2ccc3c(/C=N/NC(=O)c4ccc(O)c(Cl)c4)cccc32)cc1. The molecule has 0 spiro atoms. The van der Waals surface area contributed by atoms with E-state index in [0.29, 0.717) is 17.7 Å². The molecule has 0 bridgehead atoms. The number of nitrogens with one attached hydrogen (secondary N) is 1. The van der Waals surface area contributed by atoms with E-state index in [1.807, 2.05) is 54.7 Å². The van der Waals surface area contributed by atoms with E-state index in [-0.39, 0.29) is 16.5 Å². The topological polar surface area (TPSA) is 86.9 Å². The van der Waals surface area contributed by atoms with Crippen LogP contribution in [0.25, 0.3) is 16.7 Å². The van der Waals surface area contributed by atoms with Gasteiger partial charge in [-0.2, -0.15) is 5.10 Å². The van der Waals surface area contributed by atoms with Gasteiger partial charge in [0.1, 0.15) is 11.5 Å². The number of aliphatic hydroxyl groups excluding tert-OH is 1. The number of carbonyl (C=O) groups is 1. The molecule has 0 atom stereocenters. The molecule has 0 fully saturated rings. The van der Waals surface area contributed by atoms with Gasteiger partial charge in [-0.3, -0.25) is 4.79 Å². The minimum Gasteiger partial charge on any atom is -0.508 e. The fourth-order valence-electron chi connectivity index (χ4n) is 3.37. The number of halogens is 1. The Balaban J connectivity index is 1.50. The van der Waals surface area contributed by atoms with Crippen LogP contribution in [-0.2, 0) is 6.54 Å². The molecule has 0 aliphatic rings. The van der Waals surface area contributed by atoms with Crippen molar-refractivity contribution in [3.63, 3.8) is 0 Å². The van der Waals surface area contributed by atoms with Gasteiger partial charge in [-0.15, -0.1) is 0 Å². The Morgan fingerprint density at radius 2 is 1.84 bits per heavy atom. The maximum atomic E-state index is 12.2. The molecule has 1 heterocycles. The summed E-state index contributed by atoms with van der Waals surface area (Å²) in [5.74, 6) is -0.466. The summed E-state index contributed by atoms with van der Waals surface area (Å²) in [6.45, 7) is 4.20. The van der Waals surface area contributed by atoms with Crippen molar-refractivity contribution >= 4 is 40.4 Å². The molecule has 0 saturated heterocycles. The average Bonchev–Trinajstić information content (AvgIpc) is 3.19. The summed E-state index contributed by atoms with van der Waals surface area (Å²) in [5.41, 5.74) is 6.44. The van der Waals surface area contributed by atoms with Crippen molar-refractivity contribution in [1.82, 2.24) is 9.99 Å². The third kappa shape index (κ3) is 4.50. The van der Waals surface area contributed by atoms with E-state index < -0.39 is 5.91 Å². The van der Waals surface area contributed by atoms with Crippen molar-refractivity contribution in [3.05, 3.63) is 107 Å². The molecular weight excluding hydrogens is 426 g/mol. The molecule has 0 radical (unpaired) electrons. The number of rotatable bonds is 6. The first-order valence-electron chi connectivity index (χ1n) is 9.79. The van der Waals surface area contributed by atoms with E-state index in [1.165, 1.54) is 18.2 Å². The highest BCUT2D eigenvalue weighted by Gasteiger charge is 2.08. The largest absolute Gasteiger partial charge is 0.508 e. The van der Waals surface area contributed by atoms with Crippen LogP contribution in [0.5, 0.6) is 5.75 Å². The van der Waals surface area contributed by atoms with Crippen molar-refractivity contribution in [2.45, 2.75) is 6.54 Å². The van der Waals surface area contributed by atoms with Crippen LogP contribution in [0.1, 0.15) is 27.0 Å². The van der Waals surface area contributed by atoms with Crippen molar-refractivity contribution in [3.8, 4) is 5.75 Å². The normalized spacial score (nSPS) is 11.2. The summed E-state index contributed by atoms with van der Waals surface area (Å²) in [4.78, 5) is 12.2. The van der Waals surface area contributed by atoms with E-state index in [9.17, 15) is 15.0 Å². The smallest absolute Gasteiger partial charge is 0.271 e. The van der Waals surface area contributed by atoms with Gasteiger partial charge in [0.2, 0.25) is 0 Å². The van der Waals surface area contributed by atoms with E-state index in [1.54, 1.807) is 6.21 Å². The second kappa shape index (κ2) is 8.99. The molecule has 32 heavy (non-hydrogen) atoms. The number of nitrogens with zero attached hydrogens (tertiary/aromatic N) is 2. The third-order valence-electron chi connectivity index (χ3n) is 5.07. The van der Waals surface area contributed by atoms with Crippen LogP contribution in [0.3, 0.4) is 0 Å². The lowest BCUT2D eigenvalue weighted by Gasteiger charge is -2.07. The molecule has 3 aromatic carbocycles. The van der Waals surface area contributed by atoms with Crippen LogP contribution in [0.4, 0.5) is 0 Å². The summed E-state index contributed by atoms with van der Waals surface area (Å²) >= 11 is 5.85. The van der Waals surface area contributed by atoms with Crippen molar-refractivity contribution in [1.29, 1.82) is 0 Å². The number of benzene rings is 3. The quantitative estimate of drug-likeness (QED) is 0.212. The number of phenolic OH excluding ortho intramolecular Hbond substituents is 1. The minimum atomic E-state index is -0.429. The zero-order chi connectivity index (χ0) is 22.7. The van der Waals surface area contributed by atoms with E-state index >= 15 is 0 Å². The average molecular weight is 446 g/mol. The number of aromatic nitrogens is 1. The summed E-state index contributed by atoms with van der Waals surface area (Å²) < 4.78 is 2.12. The molecule has 1 aromatic heterocycles. The van der Waals surface area contributed by atoms with Gasteiger partial charge >= 0.3 is 0 Å². The number of fused-ring (bicyclic) bond motifs is 1. The van der Waals surface area contributed by atoms with Gasteiger partial charge in [0.15, 0.2) is 0 Å². The number of aromatic hydroxyl groups is 1. The van der Waals surface area contributed by atoms with Gasteiger partial charge in [0.05, 0.1) is 11.2 Å². The van der Waals surface area contributed by atoms with Crippen LogP contribution in [0.15, 0.2) is 84.6 Å². The highest BCUT2D eigenvalue weighted by atomic mass is 35.5. The molecule has 1 amide bonds. The minimum absolute atomic E-state index is 0.0486. The van der Waals surface area contributed by atoms with Gasteiger partial charge in [0, 0.05) is 40.3 Å². The Bertz CT molecular complexity index is 1340. The monoisotopic (exact) mass is 445 g/mol. The van der Waals surface area contributed by atoms with Gasteiger partial charge < -0.3 is 14.8 Å². The number of hydrogen-bond acceptors (Lipinski definition) is 4. The molecule has 4 rings (SSSR count). The number of amides is 1. The fraction of sp³-hybridized carbons (Fsp3) is 0.0400. The molecule has 0 saturated carbocycles. The van der Waals surface area contributed by atoms with Crippen molar-refractivity contribution < 1.29 is 15.0 Å². The number of aliphatic hydroxyl groups is 1. The van der Waals surface area contributed by atoms with Crippen molar-refractivity contribution in [2.75, 3.05) is 0 Å². The number of phenols is 1. The lowest BCUT2D eigenvalue weighted by molar-refractivity contribution is 0.0955. The predicted octanol–water partition coefficient (Wildman–Crippen LogP) is 5.34. The third-order valence-corrected chi connectivity index (χ3v) is 5.37. The van der Waals surface area contributed by atoms with Crippen LogP contribution in [0.2, 0.25) is 5.02 Å². The molecule has 3 N–H and O–H groups in total. The van der Waals surface area contributed by atoms with Gasteiger partial charge in [-0.05, 0) is 35.9 Å². The van der Waals surface area contributed by atoms with Crippen LogP contribution in [0, 0.1) is 0 Å². The fourth-order valence-corrected chi connectivity index (χ4v) is 3.55. The predicted molar refractivity (Wildman–Crippen MR) is 127 cm³/mol. The van der Waals surface area contributed by atoms with Gasteiger partial charge in [0.25, 0.3) is 5.91 Å². The molecule has 7 heteroatoms. The molecular formula is C25H20ClN3O3. The molecule has 160 valence electrons. The van der Waals surface area contributed by atoms with E-state index in [0.717, 1.165) is 22.0 Å². The van der Waals surface area contributed by atoms with Gasteiger partial charge in [-0.1, -0.05) is 54.6 Å². The van der Waals surface area contributed by atoms with Crippen molar-refractivity contribution in [2.24, 2.45) is 5.10 Å². The van der Waals surface area contributed by atoms with E-state index in [2.05, 4.69) is 21.7 Å². The Hall–Kier alpha value is -4.03. The van der Waals surface area contributed by atoms with Crippen LogP contribution in [-0.4, -0.2) is 26.9 Å². The highest BCUT2D eigenvalue weighted by molar-refractivity contribution is 6.32. The first-order valence-corrected chi connectivity index (χ1v) is 10.2. The lowest BCUT2D eigenvalue weighted by atomic mass is 10.1. The Kier molecular flexibility index (Phi) is 5.96. The Labute approximate surface area is 189 Å². The second-order valence-electron chi connectivity index (χ2n) is 7.23. The first kappa shape index (κ1) is 21.2. The Morgan fingerprint density at radius 1 is 1.09 bits per heavy atom. The Morgan fingerprint density at radius 3 is 2.56 bits per heavy atom. The van der Waals surface area contributed by atoms with Crippen LogP contribution < -0.4 is 5.43 Å². The molecule has 4 aromatic rings. The number of hydrazone groups is 1. The maximum Gasteiger partial charge on any atom is 0.271 e. The second-order valence-corrected chi connectivity index (χ2v) is 7.64. The number of hydrogen-bond donors (Lipinski definition) is 3.